The number of hydrazone groups is 1. The summed E-state index contributed by atoms with van der Waals surface area (Å²) < 4.78 is 0. The van der Waals surface area contributed by atoms with E-state index in [1.807, 2.05) is 74.5 Å². The minimum Gasteiger partial charge on any atom is -0.267 e. The SMILES string of the molecule is Cc1ccc(C(=O)N/N=C(/c2ccccc2)c2ccccn2)cc1C. The topological polar surface area (TPSA) is 54.4 Å². The van der Waals surface area contributed by atoms with E-state index < -0.39 is 0 Å². The van der Waals surface area contributed by atoms with E-state index in [1.165, 1.54) is 0 Å². The normalized spacial score (nSPS) is 11.2. The number of rotatable bonds is 4. The summed E-state index contributed by atoms with van der Waals surface area (Å²) in [6.45, 7) is 4.00. The zero-order chi connectivity index (χ0) is 17.6. The first kappa shape index (κ1) is 16.6. The largest absolute Gasteiger partial charge is 0.271 e. The van der Waals surface area contributed by atoms with Gasteiger partial charge in [0.2, 0.25) is 0 Å². The van der Waals surface area contributed by atoms with Crippen molar-refractivity contribution in [3.63, 3.8) is 0 Å². The molecular weight excluding hydrogens is 310 g/mol. The Morgan fingerprint density at radius 2 is 1.64 bits per heavy atom. The lowest BCUT2D eigenvalue weighted by atomic mass is 10.1. The van der Waals surface area contributed by atoms with Gasteiger partial charge in [0, 0.05) is 17.3 Å². The summed E-state index contributed by atoms with van der Waals surface area (Å²) in [7, 11) is 0. The van der Waals surface area contributed by atoms with Gasteiger partial charge < -0.3 is 0 Å². The van der Waals surface area contributed by atoms with Gasteiger partial charge in [-0.25, -0.2) is 5.43 Å². The van der Waals surface area contributed by atoms with Gasteiger partial charge in [-0.3, -0.25) is 9.78 Å². The number of aromatic nitrogens is 1. The zero-order valence-electron chi connectivity index (χ0n) is 14.2. The number of aryl methyl sites for hydroxylation is 2. The molecule has 124 valence electrons. The van der Waals surface area contributed by atoms with Crippen molar-refractivity contribution in [3.8, 4) is 0 Å². The number of benzene rings is 2. The van der Waals surface area contributed by atoms with E-state index in [2.05, 4.69) is 15.5 Å². The number of carbonyl (C=O) groups excluding carboxylic acids is 1. The summed E-state index contributed by atoms with van der Waals surface area (Å²) >= 11 is 0. The summed E-state index contributed by atoms with van der Waals surface area (Å²) in [5.41, 5.74) is 7.68. The van der Waals surface area contributed by atoms with Crippen molar-refractivity contribution in [2.45, 2.75) is 13.8 Å². The Bertz CT molecular complexity index is 861. The van der Waals surface area contributed by atoms with Crippen LogP contribution < -0.4 is 5.43 Å². The van der Waals surface area contributed by atoms with Gasteiger partial charge in [-0.2, -0.15) is 5.10 Å². The van der Waals surface area contributed by atoms with Gasteiger partial charge in [0.05, 0.1) is 5.69 Å². The Balaban J connectivity index is 1.91. The Morgan fingerprint density at radius 3 is 2.32 bits per heavy atom. The molecule has 0 aliphatic rings. The molecule has 0 bridgehead atoms. The van der Waals surface area contributed by atoms with Crippen LogP contribution in [0.5, 0.6) is 0 Å². The molecule has 1 heterocycles. The predicted molar refractivity (Wildman–Crippen MR) is 99.7 cm³/mol. The third-order valence-corrected chi connectivity index (χ3v) is 3.99. The fraction of sp³-hybridized carbons (Fsp3) is 0.0952. The van der Waals surface area contributed by atoms with Crippen molar-refractivity contribution >= 4 is 11.6 Å². The number of pyridine rings is 1. The maximum atomic E-state index is 12.4. The Hall–Kier alpha value is -3.27. The molecule has 3 aromatic rings. The Kier molecular flexibility index (Phi) is 5.00. The molecule has 25 heavy (non-hydrogen) atoms. The van der Waals surface area contributed by atoms with Gasteiger partial charge in [-0.1, -0.05) is 42.5 Å². The molecule has 0 fully saturated rings. The molecule has 4 heteroatoms. The van der Waals surface area contributed by atoms with Crippen molar-refractivity contribution in [2.75, 3.05) is 0 Å². The van der Waals surface area contributed by atoms with Crippen LogP contribution in [0.25, 0.3) is 0 Å². The number of carbonyl (C=O) groups is 1. The highest BCUT2D eigenvalue weighted by atomic mass is 16.2. The van der Waals surface area contributed by atoms with Crippen molar-refractivity contribution in [3.05, 3.63) is 101 Å². The first-order chi connectivity index (χ1) is 12.1. The van der Waals surface area contributed by atoms with Gasteiger partial charge >= 0.3 is 0 Å². The summed E-state index contributed by atoms with van der Waals surface area (Å²) in [5.74, 6) is -0.243. The number of hydrogen-bond acceptors (Lipinski definition) is 3. The standard InChI is InChI=1S/C21H19N3O/c1-15-11-12-18(14-16(15)2)21(25)24-23-20(17-8-4-3-5-9-17)19-10-6-7-13-22-19/h3-14H,1-2H3,(H,24,25)/b23-20-. The second kappa shape index (κ2) is 7.53. The fourth-order valence-corrected chi connectivity index (χ4v) is 2.42. The number of nitrogens with zero attached hydrogens (tertiary/aromatic N) is 2. The minimum absolute atomic E-state index is 0.243. The molecule has 0 saturated carbocycles. The molecule has 1 aromatic heterocycles. The maximum Gasteiger partial charge on any atom is 0.271 e. The zero-order valence-corrected chi connectivity index (χ0v) is 14.2. The molecule has 0 atom stereocenters. The molecule has 0 aliphatic heterocycles. The van der Waals surface area contributed by atoms with E-state index in [0.29, 0.717) is 17.0 Å². The van der Waals surface area contributed by atoms with Crippen molar-refractivity contribution < 1.29 is 4.79 Å². The predicted octanol–water partition coefficient (Wildman–Crippen LogP) is 3.88. The van der Waals surface area contributed by atoms with Gasteiger partial charge in [0.15, 0.2) is 0 Å². The monoisotopic (exact) mass is 329 g/mol. The van der Waals surface area contributed by atoms with E-state index >= 15 is 0 Å². The molecular formula is C21H19N3O. The van der Waals surface area contributed by atoms with Crippen LogP contribution in [0, 0.1) is 13.8 Å². The third kappa shape index (κ3) is 3.98. The van der Waals surface area contributed by atoms with Gasteiger partial charge in [-0.05, 0) is 49.2 Å². The van der Waals surface area contributed by atoms with E-state index in [-0.39, 0.29) is 5.91 Å². The highest BCUT2D eigenvalue weighted by molar-refractivity contribution is 6.12. The highest BCUT2D eigenvalue weighted by Crippen LogP contribution is 2.11. The van der Waals surface area contributed by atoms with E-state index in [9.17, 15) is 4.79 Å². The Labute approximate surface area is 147 Å². The summed E-state index contributed by atoms with van der Waals surface area (Å²) in [5, 5.41) is 4.35. The smallest absolute Gasteiger partial charge is 0.267 e. The van der Waals surface area contributed by atoms with Crippen LogP contribution in [0.4, 0.5) is 0 Å². The summed E-state index contributed by atoms with van der Waals surface area (Å²) in [4.78, 5) is 16.8. The maximum absolute atomic E-state index is 12.4. The molecule has 4 nitrogen and oxygen atoms in total. The second-order valence-electron chi connectivity index (χ2n) is 5.78. The van der Waals surface area contributed by atoms with Crippen LogP contribution in [-0.2, 0) is 0 Å². The summed E-state index contributed by atoms with van der Waals surface area (Å²) in [6, 6.07) is 20.9. The lowest BCUT2D eigenvalue weighted by molar-refractivity contribution is 0.0955. The molecule has 1 amide bonds. The minimum atomic E-state index is -0.243. The van der Waals surface area contributed by atoms with Crippen LogP contribution in [0.1, 0.15) is 32.7 Å². The van der Waals surface area contributed by atoms with Crippen molar-refractivity contribution in [1.82, 2.24) is 10.4 Å². The molecule has 0 saturated heterocycles. The quantitative estimate of drug-likeness (QED) is 0.583. The van der Waals surface area contributed by atoms with E-state index in [0.717, 1.165) is 16.7 Å². The average molecular weight is 329 g/mol. The molecule has 2 aromatic carbocycles. The molecule has 1 N–H and O–H groups in total. The third-order valence-electron chi connectivity index (χ3n) is 3.99. The Morgan fingerprint density at radius 1 is 0.880 bits per heavy atom. The van der Waals surface area contributed by atoms with Crippen molar-refractivity contribution in [1.29, 1.82) is 0 Å². The first-order valence-corrected chi connectivity index (χ1v) is 8.07. The lowest BCUT2D eigenvalue weighted by Gasteiger charge is -2.08. The fourth-order valence-electron chi connectivity index (χ4n) is 2.42. The molecule has 0 aliphatic carbocycles. The van der Waals surface area contributed by atoms with Crippen LogP contribution in [-0.4, -0.2) is 16.6 Å². The molecule has 0 spiro atoms. The van der Waals surface area contributed by atoms with Crippen LogP contribution in [0.15, 0.2) is 78.0 Å². The van der Waals surface area contributed by atoms with E-state index in [4.69, 9.17) is 0 Å². The van der Waals surface area contributed by atoms with Crippen LogP contribution >= 0.6 is 0 Å². The first-order valence-electron chi connectivity index (χ1n) is 8.07. The van der Waals surface area contributed by atoms with Crippen LogP contribution in [0.2, 0.25) is 0 Å². The van der Waals surface area contributed by atoms with Crippen molar-refractivity contribution in [2.24, 2.45) is 5.10 Å². The molecule has 0 unspecified atom stereocenters. The number of amides is 1. The lowest BCUT2D eigenvalue weighted by Crippen LogP contribution is -2.21. The van der Waals surface area contributed by atoms with Gasteiger partial charge in [0.25, 0.3) is 5.91 Å². The molecule has 3 rings (SSSR count). The number of nitrogens with one attached hydrogen (secondary N) is 1. The van der Waals surface area contributed by atoms with Gasteiger partial charge in [-0.15, -0.1) is 0 Å². The highest BCUT2D eigenvalue weighted by Gasteiger charge is 2.10. The summed E-state index contributed by atoms with van der Waals surface area (Å²) in [6.07, 6.45) is 1.71. The molecule has 0 radical (unpaired) electrons. The number of hydrogen-bond donors (Lipinski definition) is 1. The van der Waals surface area contributed by atoms with E-state index in [1.54, 1.807) is 12.3 Å². The second-order valence-corrected chi connectivity index (χ2v) is 5.78. The average Bonchev–Trinajstić information content (AvgIpc) is 2.66. The van der Waals surface area contributed by atoms with Crippen LogP contribution in [0.3, 0.4) is 0 Å². The van der Waals surface area contributed by atoms with Gasteiger partial charge in [0.1, 0.15) is 5.71 Å².